The second-order valence-electron chi connectivity index (χ2n) is 6.37. The number of aromatic carboxylic acids is 1. The number of carboxylic acids is 1. The van der Waals surface area contributed by atoms with Gasteiger partial charge in [0.1, 0.15) is 11.9 Å². The Balaban J connectivity index is 1.95. The van der Waals surface area contributed by atoms with E-state index in [0.29, 0.717) is 0 Å². The number of alkyl halides is 4. The highest BCUT2D eigenvalue weighted by Gasteiger charge is 2.61. The van der Waals surface area contributed by atoms with Crippen LogP contribution in [0.1, 0.15) is 32.1 Å². The molecule has 0 saturated carbocycles. The molecule has 2 aliphatic rings. The Kier molecular flexibility index (Phi) is 4.09. The number of amides is 1. The average Bonchev–Trinajstić information content (AvgIpc) is 2.93. The molecule has 1 aromatic rings. The molecule has 0 bridgehead atoms. The van der Waals surface area contributed by atoms with Crippen LogP contribution < -0.4 is 5.32 Å². The molecule has 7 nitrogen and oxygen atoms in total. The third-order valence-electron chi connectivity index (χ3n) is 4.64. The highest BCUT2D eigenvalue weighted by atomic mass is 19.4. The Morgan fingerprint density at radius 3 is 2.38 bits per heavy atom. The molecule has 1 aromatic heterocycles. The molecule has 1 atom stereocenters. The molecule has 2 aliphatic heterocycles. The fourth-order valence-electron chi connectivity index (χ4n) is 3.27. The van der Waals surface area contributed by atoms with E-state index in [0.717, 1.165) is 4.57 Å². The third-order valence-corrected chi connectivity index (χ3v) is 4.64. The Morgan fingerprint density at radius 2 is 1.92 bits per heavy atom. The van der Waals surface area contributed by atoms with Crippen LogP contribution in [0.3, 0.4) is 0 Å². The van der Waals surface area contributed by atoms with Gasteiger partial charge in [-0.25, -0.2) is 9.18 Å². The molecule has 1 saturated heterocycles. The molecule has 142 valence electrons. The van der Waals surface area contributed by atoms with E-state index in [-0.39, 0.29) is 35.5 Å². The monoisotopic (exact) mass is 378 g/mol. The van der Waals surface area contributed by atoms with Gasteiger partial charge >= 0.3 is 12.1 Å². The maximum absolute atomic E-state index is 13.7. The van der Waals surface area contributed by atoms with Crippen molar-refractivity contribution in [1.29, 1.82) is 0 Å². The topological polar surface area (TPSA) is 97.6 Å². The Labute approximate surface area is 143 Å². The van der Waals surface area contributed by atoms with Gasteiger partial charge in [-0.3, -0.25) is 9.59 Å². The number of ether oxygens (including phenoxy) is 1. The SMILES string of the molecule is Cc1c(C(=O)C(=O)NC2(C(F)(F)F)COC2)c2n(c1C(=O)O)C[C@H](F)C2. The second-order valence-corrected chi connectivity index (χ2v) is 6.37. The fourth-order valence-corrected chi connectivity index (χ4v) is 3.27. The predicted molar refractivity (Wildman–Crippen MR) is 76.8 cm³/mol. The van der Waals surface area contributed by atoms with Crippen LogP contribution in [0.2, 0.25) is 0 Å². The summed E-state index contributed by atoms with van der Waals surface area (Å²) in [4.78, 5) is 36.0. The first-order chi connectivity index (χ1) is 12.0. The minimum Gasteiger partial charge on any atom is -0.477 e. The number of carbonyl (C=O) groups is 3. The number of fused-ring (bicyclic) bond motifs is 1. The number of rotatable bonds is 4. The molecule has 3 heterocycles. The number of Topliss-reactive ketones (excluding diaryl/α,β-unsaturated/α-hetero) is 1. The lowest BCUT2D eigenvalue weighted by Gasteiger charge is -2.42. The van der Waals surface area contributed by atoms with E-state index in [1.54, 1.807) is 5.32 Å². The highest BCUT2D eigenvalue weighted by Crippen LogP contribution is 2.36. The van der Waals surface area contributed by atoms with Gasteiger partial charge in [-0.05, 0) is 12.5 Å². The number of nitrogens with one attached hydrogen (secondary N) is 1. The van der Waals surface area contributed by atoms with Crippen molar-refractivity contribution < 1.29 is 41.8 Å². The van der Waals surface area contributed by atoms with Crippen LogP contribution in [0.25, 0.3) is 0 Å². The lowest BCUT2D eigenvalue weighted by molar-refractivity contribution is -0.265. The quantitative estimate of drug-likeness (QED) is 0.463. The van der Waals surface area contributed by atoms with Crippen LogP contribution in [-0.2, 0) is 22.5 Å². The molecule has 1 amide bonds. The van der Waals surface area contributed by atoms with E-state index in [4.69, 9.17) is 0 Å². The van der Waals surface area contributed by atoms with Gasteiger partial charge in [0.2, 0.25) is 0 Å². The largest absolute Gasteiger partial charge is 0.477 e. The molecular formula is C15H14F4N2O5. The zero-order valence-corrected chi connectivity index (χ0v) is 13.4. The summed E-state index contributed by atoms with van der Waals surface area (Å²) < 4.78 is 58.6. The van der Waals surface area contributed by atoms with E-state index >= 15 is 0 Å². The van der Waals surface area contributed by atoms with Gasteiger partial charge in [0.25, 0.3) is 11.7 Å². The number of halogens is 4. The van der Waals surface area contributed by atoms with Crippen molar-refractivity contribution in [3.05, 3.63) is 22.5 Å². The van der Waals surface area contributed by atoms with Gasteiger partial charge in [0.05, 0.1) is 25.3 Å². The van der Waals surface area contributed by atoms with Crippen LogP contribution in [0.5, 0.6) is 0 Å². The van der Waals surface area contributed by atoms with Crippen molar-refractivity contribution in [2.24, 2.45) is 0 Å². The van der Waals surface area contributed by atoms with Gasteiger partial charge in [0, 0.05) is 12.1 Å². The van der Waals surface area contributed by atoms with E-state index in [1.165, 1.54) is 6.92 Å². The predicted octanol–water partition coefficient (Wildman–Crippen LogP) is 1.02. The van der Waals surface area contributed by atoms with Crippen LogP contribution in [0.15, 0.2) is 0 Å². The first-order valence-electron chi connectivity index (χ1n) is 7.59. The normalized spacial score (nSPS) is 21.0. The Hall–Kier alpha value is -2.43. The number of aromatic nitrogens is 1. The van der Waals surface area contributed by atoms with E-state index in [1.807, 2.05) is 0 Å². The van der Waals surface area contributed by atoms with E-state index < -0.39 is 48.8 Å². The summed E-state index contributed by atoms with van der Waals surface area (Å²) in [5.74, 6) is -4.29. The number of carboxylic acid groups (broad SMARTS) is 1. The number of nitrogens with zero attached hydrogens (tertiary/aromatic N) is 1. The highest BCUT2D eigenvalue weighted by molar-refractivity contribution is 6.43. The summed E-state index contributed by atoms with van der Waals surface area (Å²) in [6, 6.07) is 0. The second kappa shape index (κ2) is 5.79. The van der Waals surface area contributed by atoms with E-state index in [2.05, 4.69) is 4.74 Å². The number of carbonyl (C=O) groups excluding carboxylic acids is 2. The smallest absolute Gasteiger partial charge is 0.416 e. The van der Waals surface area contributed by atoms with Gasteiger partial charge in [-0.2, -0.15) is 13.2 Å². The van der Waals surface area contributed by atoms with Gasteiger partial charge in [-0.15, -0.1) is 0 Å². The van der Waals surface area contributed by atoms with Crippen molar-refractivity contribution in [3.63, 3.8) is 0 Å². The van der Waals surface area contributed by atoms with Gasteiger partial charge in [-0.1, -0.05) is 0 Å². The van der Waals surface area contributed by atoms with Gasteiger partial charge < -0.3 is 19.7 Å². The molecule has 11 heteroatoms. The molecular weight excluding hydrogens is 364 g/mol. The van der Waals surface area contributed by atoms with Crippen molar-refractivity contribution in [3.8, 4) is 0 Å². The summed E-state index contributed by atoms with van der Waals surface area (Å²) in [5, 5.41) is 10.9. The molecule has 3 rings (SSSR count). The lowest BCUT2D eigenvalue weighted by atomic mass is 9.95. The standard InChI is InChI=1S/C15H14F4N2O5/c1-6-9(8-2-7(16)3-21(8)10(6)13(24)25)11(22)12(23)20-14(4-26-5-14)15(17,18)19/h7H,2-5H2,1H3,(H,20,23)(H,24,25)/t7-/m1/s1. The zero-order chi connectivity index (χ0) is 19.4. The fraction of sp³-hybridized carbons (Fsp3) is 0.533. The Bertz CT molecular complexity index is 810. The number of hydrogen-bond acceptors (Lipinski definition) is 4. The first kappa shape index (κ1) is 18.4. The summed E-state index contributed by atoms with van der Waals surface area (Å²) in [6.07, 6.45) is -6.56. The summed E-state index contributed by atoms with van der Waals surface area (Å²) in [5.41, 5.74) is -3.45. The lowest BCUT2D eigenvalue weighted by Crippen LogP contribution is -2.71. The molecule has 26 heavy (non-hydrogen) atoms. The van der Waals surface area contributed by atoms with Crippen molar-refractivity contribution in [2.45, 2.75) is 37.8 Å². The molecule has 1 fully saturated rings. The molecule has 2 N–H and O–H groups in total. The maximum atomic E-state index is 13.7. The number of hydrogen-bond donors (Lipinski definition) is 2. The summed E-state index contributed by atoms with van der Waals surface area (Å²) in [7, 11) is 0. The van der Waals surface area contributed by atoms with Gasteiger partial charge in [0.15, 0.2) is 5.54 Å². The van der Waals surface area contributed by atoms with Crippen LogP contribution in [0.4, 0.5) is 17.6 Å². The van der Waals surface area contributed by atoms with Crippen LogP contribution >= 0.6 is 0 Å². The minimum atomic E-state index is -4.82. The molecule has 0 radical (unpaired) electrons. The zero-order valence-electron chi connectivity index (χ0n) is 13.4. The summed E-state index contributed by atoms with van der Waals surface area (Å²) >= 11 is 0. The first-order valence-corrected chi connectivity index (χ1v) is 7.59. The van der Waals surface area contributed by atoms with Crippen molar-refractivity contribution in [1.82, 2.24) is 9.88 Å². The number of ketones is 1. The van der Waals surface area contributed by atoms with Crippen molar-refractivity contribution >= 4 is 17.7 Å². The molecule has 0 unspecified atom stereocenters. The van der Waals surface area contributed by atoms with E-state index in [9.17, 15) is 37.1 Å². The Morgan fingerprint density at radius 1 is 1.31 bits per heavy atom. The minimum absolute atomic E-state index is 0.00142. The molecule has 0 aromatic carbocycles. The summed E-state index contributed by atoms with van der Waals surface area (Å²) in [6.45, 7) is -0.688. The molecule has 0 spiro atoms. The molecule has 0 aliphatic carbocycles. The van der Waals surface area contributed by atoms with Crippen molar-refractivity contribution in [2.75, 3.05) is 13.2 Å². The third kappa shape index (κ3) is 2.57. The van der Waals surface area contributed by atoms with Crippen LogP contribution in [0, 0.1) is 6.92 Å². The maximum Gasteiger partial charge on any atom is 0.416 e. The average molecular weight is 378 g/mol. The van der Waals surface area contributed by atoms with Crippen LogP contribution in [-0.4, -0.2) is 58.4 Å².